The Morgan fingerprint density at radius 1 is 1.00 bits per heavy atom. The SMILES string of the molecule is CCOc1ccc([C@@H]2CC(c3ccccc3)=NN2c2ccc(/C=N/NC(=O)c3ccncc3)cc2)cc1. The maximum absolute atomic E-state index is 12.2. The van der Waals surface area contributed by atoms with Crippen molar-refractivity contribution in [1.29, 1.82) is 0 Å². The van der Waals surface area contributed by atoms with Crippen LogP contribution in [0.2, 0.25) is 0 Å². The predicted molar refractivity (Wildman–Crippen MR) is 146 cm³/mol. The fourth-order valence-corrected chi connectivity index (χ4v) is 4.21. The molecule has 0 saturated carbocycles. The average Bonchev–Trinajstić information content (AvgIpc) is 3.40. The smallest absolute Gasteiger partial charge is 0.271 e. The van der Waals surface area contributed by atoms with Crippen molar-refractivity contribution in [1.82, 2.24) is 10.4 Å². The molecule has 0 saturated heterocycles. The minimum atomic E-state index is -0.284. The van der Waals surface area contributed by atoms with Crippen molar-refractivity contribution in [3.63, 3.8) is 0 Å². The Balaban J connectivity index is 1.35. The van der Waals surface area contributed by atoms with Gasteiger partial charge in [0.05, 0.1) is 30.3 Å². The number of carbonyl (C=O) groups is 1. The molecule has 37 heavy (non-hydrogen) atoms. The van der Waals surface area contributed by atoms with Crippen LogP contribution in [0.1, 0.15) is 46.4 Å². The van der Waals surface area contributed by atoms with E-state index in [4.69, 9.17) is 9.84 Å². The molecule has 1 aromatic heterocycles. The molecule has 4 aromatic rings. The third-order valence-corrected chi connectivity index (χ3v) is 6.07. The van der Waals surface area contributed by atoms with Crippen LogP contribution in [0.5, 0.6) is 5.75 Å². The number of pyridine rings is 1. The zero-order chi connectivity index (χ0) is 25.5. The number of hydrazone groups is 2. The van der Waals surface area contributed by atoms with Crippen LogP contribution in [0.4, 0.5) is 5.69 Å². The molecule has 7 nitrogen and oxygen atoms in total. The van der Waals surface area contributed by atoms with Gasteiger partial charge in [0, 0.05) is 24.4 Å². The first kappa shape index (κ1) is 23.9. The second-order valence-electron chi connectivity index (χ2n) is 8.51. The third kappa shape index (κ3) is 5.73. The highest BCUT2D eigenvalue weighted by Crippen LogP contribution is 2.37. The van der Waals surface area contributed by atoms with E-state index in [9.17, 15) is 4.79 Å². The second-order valence-corrected chi connectivity index (χ2v) is 8.51. The summed E-state index contributed by atoms with van der Waals surface area (Å²) in [5, 5.41) is 11.2. The van der Waals surface area contributed by atoms with E-state index >= 15 is 0 Å². The van der Waals surface area contributed by atoms with Gasteiger partial charge in [-0.05, 0) is 60.0 Å². The van der Waals surface area contributed by atoms with E-state index in [-0.39, 0.29) is 11.9 Å². The van der Waals surface area contributed by atoms with Gasteiger partial charge in [-0.2, -0.15) is 10.2 Å². The Morgan fingerprint density at radius 3 is 2.43 bits per heavy atom. The van der Waals surface area contributed by atoms with Crippen LogP contribution in [-0.4, -0.2) is 29.4 Å². The summed E-state index contributed by atoms with van der Waals surface area (Å²) in [6.45, 7) is 2.62. The maximum atomic E-state index is 12.2. The molecule has 0 aliphatic carbocycles. The molecule has 1 aliphatic heterocycles. The highest BCUT2D eigenvalue weighted by atomic mass is 16.5. The van der Waals surface area contributed by atoms with Gasteiger partial charge < -0.3 is 4.74 Å². The standard InChI is InChI=1S/C30H27N5O2/c1-2-37-27-14-10-24(11-15-27)29-20-28(23-6-4-3-5-7-23)34-35(29)26-12-8-22(9-13-26)21-32-33-30(36)25-16-18-31-19-17-25/h3-19,21,29H,2,20H2,1H3,(H,33,36)/b32-21+/t29-/m0/s1. The van der Waals surface area contributed by atoms with E-state index in [0.29, 0.717) is 12.2 Å². The van der Waals surface area contributed by atoms with E-state index in [1.807, 2.05) is 61.5 Å². The molecule has 1 N–H and O–H groups in total. The lowest BCUT2D eigenvalue weighted by atomic mass is 9.98. The molecule has 1 atom stereocenters. The number of rotatable bonds is 8. The number of nitrogens with one attached hydrogen (secondary N) is 1. The zero-order valence-electron chi connectivity index (χ0n) is 20.5. The molecule has 1 amide bonds. The van der Waals surface area contributed by atoms with Crippen molar-refractivity contribution in [2.75, 3.05) is 11.6 Å². The number of hydrogen-bond acceptors (Lipinski definition) is 6. The first-order valence-corrected chi connectivity index (χ1v) is 12.2. The molecule has 0 unspecified atom stereocenters. The minimum Gasteiger partial charge on any atom is -0.494 e. The predicted octanol–water partition coefficient (Wildman–Crippen LogP) is 5.60. The van der Waals surface area contributed by atoms with Crippen molar-refractivity contribution in [2.45, 2.75) is 19.4 Å². The van der Waals surface area contributed by atoms with E-state index in [0.717, 1.165) is 34.7 Å². The van der Waals surface area contributed by atoms with E-state index in [1.165, 1.54) is 5.56 Å². The number of benzene rings is 3. The molecule has 184 valence electrons. The molecule has 0 bridgehead atoms. The summed E-state index contributed by atoms with van der Waals surface area (Å²) in [6.07, 6.45) is 5.56. The van der Waals surface area contributed by atoms with Gasteiger partial charge in [-0.25, -0.2) is 5.43 Å². The van der Waals surface area contributed by atoms with Crippen LogP contribution in [0, 0.1) is 0 Å². The number of nitrogens with zero attached hydrogens (tertiary/aromatic N) is 4. The summed E-state index contributed by atoms with van der Waals surface area (Å²) < 4.78 is 5.63. The van der Waals surface area contributed by atoms with E-state index < -0.39 is 0 Å². The van der Waals surface area contributed by atoms with Crippen molar-refractivity contribution >= 4 is 23.5 Å². The molecular weight excluding hydrogens is 462 g/mol. The summed E-state index contributed by atoms with van der Waals surface area (Å²) in [5.74, 6) is 0.577. The largest absolute Gasteiger partial charge is 0.494 e. The average molecular weight is 490 g/mol. The Kier molecular flexibility index (Phi) is 7.31. The van der Waals surface area contributed by atoms with E-state index in [1.54, 1.807) is 30.7 Å². The van der Waals surface area contributed by atoms with Gasteiger partial charge in [0.25, 0.3) is 5.91 Å². The number of carbonyl (C=O) groups excluding carboxylic acids is 1. The normalized spacial score (nSPS) is 15.0. The highest BCUT2D eigenvalue weighted by molar-refractivity contribution is 6.03. The monoisotopic (exact) mass is 489 g/mol. The Labute approximate surface area is 216 Å². The molecule has 0 fully saturated rings. The van der Waals surface area contributed by atoms with Gasteiger partial charge in [-0.1, -0.05) is 54.6 Å². The van der Waals surface area contributed by atoms with Crippen molar-refractivity contribution < 1.29 is 9.53 Å². The van der Waals surface area contributed by atoms with Crippen LogP contribution in [0.3, 0.4) is 0 Å². The Hall–Kier alpha value is -4.78. The number of amides is 1. The number of anilines is 1. The molecule has 2 heterocycles. The van der Waals surface area contributed by atoms with Crippen LogP contribution < -0.4 is 15.2 Å². The molecule has 1 aliphatic rings. The van der Waals surface area contributed by atoms with Crippen LogP contribution >= 0.6 is 0 Å². The molecule has 3 aromatic carbocycles. The summed E-state index contributed by atoms with van der Waals surface area (Å²) >= 11 is 0. The fourth-order valence-electron chi connectivity index (χ4n) is 4.21. The van der Waals surface area contributed by atoms with Crippen molar-refractivity contribution in [2.24, 2.45) is 10.2 Å². The van der Waals surface area contributed by atoms with Crippen LogP contribution in [-0.2, 0) is 0 Å². The quantitative estimate of drug-likeness (QED) is 0.258. The van der Waals surface area contributed by atoms with E-state index in [2.05, 4.69) is 44.8 Å². The summed E-state index contributed by atoms with van der Waals surface area (Å²) in [6, 6.07) is 29.8. The number of ether oxygens (including phenoxy) is 1. The van der Waals surface area contributed by atoms with Gasteiger partial charge in [0.15, 0.2) is 0 Å². The Morgan fingerprint density at radius 2 is 1.73 bits per heavy atom. The summed E-state index contributed by atoms with van der Waals surface area (Å²) in [5.41, 5.74) is 8.22. The van der Waals surface area contributed by atoms with Crippen molar-refractivity contribution in [3.05, 3.63) is 126 Å². The third-order valence-electron chi connectivity index (χ3n) is 6.07. The van der Waals surface area contributed by atoms with Gasteiger partial charge in [-0.15, -0.1) is 0 Å². The van der Waals surface area contributed by atoms with Crippen molar-refractivity contribution in [3.8, 4) is 5.75 Å². The first-order chi connectivity index (χ1) is 18.2. The first-order valence-electron chi connectivity index (χ1n) is 12.2. The lowest BCUT2D eigenvalue weighted by Gasteiger charge is -2.24. The van der Waals surface area contributed by atoms with Gasteiger partial charge in [-0.3, -0.25) is 14.8 Å². The maximum Gasteiger partial charge on any atom is 0.271 e. The lowest BCUT2D eigenvalue weighted by Crippen LogP contribution is -2.18. The lowest BCUT2D eigenvalue weighted by molar-refractivity contribution is 0.0955. The van der Waals surface area contributed by atoms with Gasteiger partial charge >= 0.3 is 0 Å². The molecule has 0 radical (unpaired) electrons. The minimum absolute atomic E-state index is 0.0602. The molecule has 7 heteroatoms. The fraction of sp³-hybridized carbons (Fsp3) is 0.133. The summed E-state index contributed by atoms with van der Waals surface area (Å²) in [4.78, 5) is 16.1. The Bertz CT molecular complexity index is 1390. The second kappa shape index (κ2) is 11.3. The number of aromatic nitrogens is 1. The molecular formula is C30H27N5O2. The van der Waals surface area contributed by atoms with Gasteiger partial charge in [0.1, 0.15) is 5.75 Å². The van der Waals surface area contributed by atoms with Crippen LogP contribution in [0.25, 0.3) is 0 Å². The van der Waals surface area contributed by atoms with Gasteiger partial charge in [0.2, 0.25) is 0 Å². The zero-order valence-corrected chi connectivity index (χ0v) is 20.5. The number of hydrogen-bond donors (Lipinski definition) is 1. The molecule has 5 rings (SSSR count). The van der Waals surface area contributed by atoms with Crippen LogP contribution in [0.15, 0.2) is 114 Å². The topological polar surface area (TPSA) is 79.2 Å². The highest BCUT2D eigenvalue weighted by Gasteiger charge is 2.29. The molecule has 0 spiro atoms. The summed E-state index contributed by atoms with van der Waals surface area (Å²) in [7, 11) is 0.